The lowest BCUT2D eigenvalue weighted by atomic mass is 10.0. The Kier molecular flexibility index (Phi) is 5.32. The topological polar surface area (TPSA) is 78.8 Å². The number of fused-ring (bicyclic) bond motifs is 1. The molecule has 0 spiro atoms. The van der Waals surface area contributed by atoms with Gasteiger partial charge in [-0.2, -0.15) is 17.9 Å². The zero-order valence-corrected chi connectivity index (χ0v) is 17.6. The summed E-state index contributed by atoms with van der Waals surface area (Å²) in [5, 5.41) is 7.48. The predicted octanol–water partition coefficient (Wildman–Crippen LogP) is 4.04. The van der Waals surface area contributed by atoms with E-state index in [1.165, 1.54) is 12.1 Å². The minimum Gasteiger partial charge on any atom is -0.324 e. The number of halogens is 1. The second kappa shape index (κ2) is 7.93. The third-order valence-electron chi connectivity index (χ3n) is 4.71. The van der Waals surface area contributed by atoms with Crippen LogP contribution < -0.4 is 5.32 Å². The molecule has 0 aliphatic carbocycles. The first-order valence-electron chi connectivity index (χ1n) is 9.18. The van der Waals surface area contributed by atoms with Gasteiger partial charge in [0.05, 0.1) is 4.90 Å². The molecule has 8 heteroatoms. The number of nitrogens with zero attached hydrogens (tertiary/aromatic N) is 2. The summed E-state index contributed by atoms with van der Waals surface area (Å²) in [6.07, 6.45) is 0. The largest absolute Gasteiger partial charge is 0.324 e. The molecule has 0 radical (unpaired) electrons. The van der Waals surface area contributed by atoms with Crippen molar-refractivity contribution in [1.82, 2.24) is 4.41 Å². The van der Waals surface area contributed by atoms with E-state index in [2.05, 4.69) is 10.4 Å². The summed E-state index contributed by atoms with van der Waals surface area (Å²) in [7, 11) is -4.01. The number of para-hydroxylation sites is 1. The summed E-state index contributed by atoms with van der Waals surface area (Å²) >= 11 is 6.12. The number of carbonyl (C=O) groups excluding carboxylic acids is 1. The summed E-state index contributed by atoms with van der Waals surface area (Å²) in [6.45, 7) is 1.41. The van der Waals surface area contributed by atoms with Crippen LogP contribution in [0.4, 0.5) is 5.69 Å². The van der Waals surface area contributed by atoms with E-state index in [0.717, 1.165) is 15.5 Å². The van der Waals surface area contributed by atoms with Crippen LogP contribution in [0, 0.1) is 6.92 Å². The molecule has 1 aliphatic rings. The fraction of sp³-hybridized carbons (Fsp3) is 0.0909. The zero-order chi connectivity index (χ0) is 21.3. The lowest BCUT2D eigenvalue weighted by Crippen LogP contribution is -2.38. The molecule has 3 aromatic carbocycles. The summed E-state index contributed by atoms with van der Waals surface area (Å²) in [6, 6.07) is 21.0. The van der Waals surface area contributed by atoms with Crippen LogP contribution in [0.2, 0.25) is 5.02 Å². The molecule has 6 nitrogen and oxygen atoms in total. The molecular weight excluding hydrogens is 422 g/mol. The van der Waals surface area contributed by atoms with Gasteiger partial charge in [0.1, 0.15) is 12.3 Å². The average Bonchev–Trinajstić information content (AvgIpc) is 2.72. The van der Waals surface area contributed by atoms with Crippen molar-refractivity contribution in [3.63, 3.8) is 0 Å². The molecular formula is C22H18ClN3O3S. The first-order chi connectivity index (χ1) is 14.4. The number of hydrogen-bond donors (Lipinski definition) is 1. The molecule has 4 rings (SSSR count). The number of aryl methyl sites for hydroxylation is 1. The molecule has 3 aromatic rings. The minimum atomic E-state index is -4.01. The summed E-state index contributed by atoms with van der Waals surface area (Å²) in [4.78, 5) is 12.7. The number of benzene rings is 3. The Morgan fingerprint density at radius 3 is 2.47 bits per heavy atom. The summed E-state index contributed by atoms with van der Waals surface area (Å²) in [5.74, 6) is -0.485. The van der Waals surface area contributed by atoms with Crippen molar-refractivity contribution >= 4 is 38.9 Å². The predicted molar refractivity (Wildman–Crippen MR) is 117 cm³/mol. The van der Waals surface area contributed by atoms with E-state index in [9.17, 15) is 13.2 Å². The third kappa shape index (κ3) is 3.81. The monoisotopic (exact) mass is 439 g/mol. The maximum absolute atomic E-state index is 13.1. The van der Waals surface area contributed by atoms with Gasteiger partial charge in [0.2, 0.25) is 5.91 Å². The SMILES string of the molecule is Cc1ccccc1NC(=O)CN1N=C(c2ccccc2)c2cc(Cl)ccc2S1(=O)=O. The Hall–Kier alpha value is -3.16. The highest BCUT2D eigenvalue weighted by Crippen LogP contribution is 2.31. The molecule has 0 atom stereocenters. The molecule has 0 saturated carbocycles. The van der Waals surface area contributed by atoms with Crippen LogP contribution in [-0.2, 0) is 14.8 Å². The number of amides is 1. The zero-order valence-electron chi connectivity index (χ0n) is 16.0. The maximum atomic E-state index is 13.1. The van der Waals surface area contributed by atoms with Crippen LogP contribution in [-0.4, -0.2) is 31.0 Å². The van der Waals surface area contributed by atoms with E-state index in [1.807, 2.05) is 49.4 Å². The first kappa shape index (κ1) is 20.1. The molecule has 0 unspecified atom stereocenters. The van der Waals surface area contributed by atoms with E-state index in [4.69, 9.17) is 11.6 Å². The maximum Gasteiger partial charge on any atom is 0.280 e. The van der Waals surface area contributed by atoms with Gasteiger partial charge in [0.25, 0.3) is 10.0 Å². The Morgan fingerprint density at radius 1 is 1.03 bits per heavy atom. The van der Waals surface area contributed by atoms with Crippen LogP contribution in [0.5, 0.6) is 0 Å². The van der Waals surface area contributed by atoms with E-state index < -0.39 is 22.5 Å². The highest BCUT2D eigenvalue weighted by atomic mass is 35.5. The van der Waals surface area contributed by atoms with Crippen molar-refractivity contribution in [2.45, 2.75) is 11.8 Å². The molecule has 0 bridgehead atoms. The highest BCUT2D eigenvalue weighted by molar-refractivity contribution is 7.89. The van der Waals surface area contributed by atoms with E-state index in [0.29, 0.717) is 22.0 Å². The van der Waals surface area contributed by atoms with Crippen LogP contribution >= 0.6 is 11.6 Å². The second-order valence-electron chi connectivity index (χ2n) is 6.80. The molecule has 152 valence electrons. The molecule has 0 fully saturated rings. The molecule has 1 heterocycles. The fourth-order valence-electron chi connectivity index (χ4n) is 3.20. The Morgan fingerprint density at radius 2 is 1.73 bits per heavy atom. The Bertz CT molecular complexity index is 1260. The lowest BCUT2D eigenvalue weighted by Gasteiger charge is -2.27. The molecule has 0 aromatic heterocycles. The first-order valence-corrected chi connectivity index (χ1v) is 11.0. The van der Waals surface area contributed by atoms with Crippen molar-refractivity contribution in [3.05, 3.63) is 94.5 Å². The van der Waals surface area contributed by atoms with Crippen molar-refractivity contribution < 1.29 is 13.2 Å². The number of hydrogen-bond acceptors (Lipinski definition) is 4. The van der Waals surface area contributed by atoms with E-state index in [-0.39, 0.29) is 4.90 Å². The fourth-order valence-corrected chi connectivity index (χ4v) is 4.75. The van der Waals surface area contributed by atoms with Crippen molar-refractivity contribution in [1.29, 1.82) is 0 Å². The van der Waals surface area contributed by atoms with Crippen LogP contribution in [0.3, 0.4) is 0 Å². The van der Waals surface area contributed by atoms with Gasteiger partial charge >= 0.3 is 0 Å². The smallest absolute Gasteiger partial charge is 0.280 e. The number of sulfonamides is 1. The highest BCUT2D eigenvalue weighted by Gasteiger charge is 2.34. The summed E-state index contributed by atoms with van der Waals surface area (Å²) in [5.41, 5.74) is 3.06. The van der Waals surface area contributed by atoms with Gasteiger partial charge in [0, 0.05) is 21.8 Å². The third-order valence-corrected chi connectivity index (χ3v) is 6.62. The van der Waals surface area contributed by atoms with Crippen LogP contribution in [0.15, 0.2) is 82.8 Å². The number of anilines is 1. The quantitative estimate of drug-likeness (QED) is 0.666. The standard InChI is InChI=1S/C22H18ClN3O3S/c1-15-7-5-6-10-19(15)24-21(27)14-26-25-22(16-8-3-2-4-9-16)18-13-17(23)11-12-20(18)30(26,28)29/h2-13H,14H2,1H3,(H,24,27). The lowest BCUT2D eigenvalue weighted by molar-refractivity contribution is -0.116. The second-order valence-corrected chi connectivity index (χ2v) is 9.05. The molecule has 0 saturated heterocycles. The number of hydrazone groups is 1. The van der Waals surface area contributed by atoms with Crippen molar-refractivity contribution in [3.8, 4) is 0 Å². The van der Waals surface area contributed by atoms with Crippen molar-refractivity contribution in [2.24, 2.45) is 5.10 Å². The number of rotatable bonds is 4. The van der Waals surface area contributed by atoms with Gasteiger partial charge in [-0.05, 0) is 36.8 Å². The van der Waals surface area contributed by atoms with Gasteiger partial charge in [-0.1, -0.05) is 60.1 Å². The Labute approximate surface area is 179 Å². The Balaban J connectivity index is 1.73. The minimum absolute atomic E-state index is 0.0597. The van der Waals surface area contributed by atoms with E-state index >= 15 is 0 Å². The van der Waals surface area contributed by atoms with Gasteiger partial charge in [-0.15, -0.1) is 0 Å². The number of carbonyl (C=O) groups is 1. The molecule has 1 aliphatic heterocycles. The van der Waals surface area contributed by atoms with E-state index in [1.54, 1.807) is 18.2 Å². The van der Waals surface area contributed by atoms with Gasteiger partial charge in [-0.25, -0.2) is 0 Å². The average molecular weight is 440 g/mol. The molecule has 1 amide bonds. The van der Waals surface area contributed by atoms with Crippen molar-refractivity contribution in [2.75, 3.05) is 11.9 Å². The molecule has 1 N–H and O–H groups in total. The van der Waals surface area contributed by atoms with Gasteiger partial charge in [0.15, 0.2) is 0 Å². The normalized spacial score (nSPS) is 14.6. The van der Waals surface area contributed by atoms with Crippen LogP contribution in [0.1, 0.15) is 16.7 Å². The summed E-state index contributed by atoms with van der Waals surface area (Å²) < 4.78 is 27.1. The molecule has 30 heavy (non-hydrogen) atoms. The number of nitrogens with one attached hydrogen (secondary N) is 1. The van der Waals surface area contributed by atoms with Crippen LogP contribution in [0.25, 0.3) is 0 Å². The van der Waals surface area contributed by atoms with Gasteiger partial charge in [-0.3, -0.25) is 4.79 Å². The van der Waals surface area contributed by atoms with Gasteiger partial charge < -0.3 is 5.32 Å².